The summed E-state index contributed by atoms with van der Waals surface area (Å²) in [6.45, 7) is 1.88. The number of benzene rings is 1. The van der Waals surface area contributed by atoms with Crippen molar-refractivity contribution in [1.29, 1.82) is 5.26 Å². The summed E-state index contributed by atoms with van der Waals surface area (Å²) in [6.07, 6.45) is 0.632. The lowest BCUT2D eigenvalue weighted by Crippen LogP contribution is -2.00. The van der Waals surface area contributed by atoms with Gasteiger partial charge in [-0.1, -0.05) is 0 Å². The standard InChI is InChI=1S/C15H16N2O2/c1-10(9-16)8-11-4-5-12-13(18-2)6-7-14(19-3)15(12)17-11/h4-7,10H,8H2,1-3H3. The van der Waals surface area contributed by atoms with Crippen molar-refractivity contribution in [1.82, 2.24) is 4.98 Å². The van der Waals surface area contributed by atoms with Crippen molar-refractivity contribution in [2.75, 3.05) is 14.2 Å². The van der Waals surface area contributed by atoms with E-state index in [1.165, 1.54) is 0 Å². The van der Waals surface area contributed by atoms with Crippen LogP contribution in [0.2, 0.25) is 0 Å². The second-order valence-electron chi connectivity index (χ2n) is 4.40. The van der Waals surface area contributed by atoms with Gasteiger partial charge < -0.3 is 9.47 Å². The van der Waals surface area contributed by atoms with Crippen LogP contribution in [0.3, 0.4) is 0 Å². The molecule has 2 rings (SSSR count). The third kappa shape index (κ3) is 2.60. The van der Waals surface area contributed by atoms with Gasteiger partial charge in [-0.15, -0.1) is 0 Å². The molecule has 0 saturated carbocycles. The molecule has 4 nitrogen and oxygen atoms in total. The number of ether oxygens (including phenoxy) is 2. The van der Waals surface area contributed by atoms with E-state index in [0.29, 0.717) is 12.2 Å². The summed E-state index contributed by atoms with van der Waals surface area (Å²) in [7, 11) is 3.25. The van der Waals surface area contributed by atoms with Gasteiger partial charge in [-0.2, -0.15) is 5.26 Å². The molecule has 0 spiro atoms. The number of rotatable bonds is 4. The highest BCUT2D eigenvalue weighted by atomic mass is 16.5. The lowest BCUT2D eigenvalue weighted by atomic mass is 10.1. The highest BCUT2D eigenvalue weighted by Gasteiger charge is 2.10. The fourth-order valence-corrected chi connectivity index (χ4v) is 2.02. The number of methoxy groups -OCH3 is 2. The topological polar surface area (TPSA) is 55.1 Å². The average molecular weight is 256 g/mol. The molecule has 0 aliphatic carbocycles. The van der Waals surface area contributed by atoms with E-state index in [9.17, 15) is 0 Å². The maximum absolute atomic E-state index is 8.87. The molecule has 1 heterocycles. The third-order valence-corrected chi connectivity index (χ3v) is 3.01. The van der Waals surface area contributed by atoms with E-state index in [0.717, 1.165) is 22.3 Å². The van der Waals surface area contributed by atoms with E-state index >= 15 is 0 Å². The Morgan fingerprint density at radius 2 is 1.84 bits per heavy atom. The number of nitrogens with zero attached hydrogens (tertiary/aromatic N) is 2. The molecule has 98 valence electrons. The molecule has 0 radical (unpaired) electrons. The molecule has 0 saturated heterocycles. The van der Waals surface area contributed by atoms with Crippen LogP contribution >= 0.6 is 0 Å². The molecular formula is C15H16N2O2. The fraction of sp³-hybridized carbons (Fsp3) is 0.333. The van der Waals surface area contributed by atoms with E-state index in [4.69, 9.17) is 14.7 Å². The lowest BCUT2D eigenvalue weighted by molar-refractivity contribution is 0.409. The van der Waals surface area contributed by atoms with E-state index in [1.807, 2.05) is 31.2 Å². The Bertz CT molecular complexity index is 632. The summed E-state index contributed by atoms with van der Waals surface area (Å²) < 4.78 is 10.7. The van der Waals surface area contributed by atoms with Gasteiger partial charge in [0, 0.05) is 23.4 Å². The van der Waals surface area contributed by atoms with Gasteiger partial charge >= 0.3 is 0 Å². The SMILES string of the molecule is COc1ccc(OC)c2nc(CC(C)C#N)ccc12. The van der Waals surface area contributed by atoms with Crippen molar-refractivity contribution in [3.8, 4) is 17.6 Å². The maximum Gasteiger partial charge on any atom is 0.145 e. The fourth-order valence-electron chi connectivity index (χ4n) is 2.02. The zero-order chi connectivity index (χ0) is 13.8. The first-order valence-corrected chi connectivity index (χ1v) is 6.09. The van der Waals surface area contributed by atoms with Crippen LogP contribution in [0.1, 0.15) is 12.6 Å². The van der Waals surface area contributed by atoms with Crippen molar-refractivity contribution >= 4 is 10.9 Å². The maximum atomic E-state index is 8.87. The first-order chi connectivity index (χ1) is 9.19. The molecule has 1 aromatic heterocycles. The zero-order valence-corrected chi connectivity index (χ0v) is 11.3. The van der Waals surface area contributed by atoms with Crippen LogP contribution in [-0.4, -0.2) is 19.2 Å². The summed E-state index contributed by atoms with van der Waals surface area (Å²) in [4.78, 5) is 4.59. The van der Waals surface area contributed by atoms with Gasteiger partial charge in [-0.25, -0.2) is 4.98 Å². The van der Waals surface area contributed by atoms with Gasteiger partial charge in [0.15, 0.2) is 0 Å². The van der Waals surface area contributed by atoms with Crippen LogP contribution in [0, 0.1) is 17.2 Å². The molecule has 0 N–H and O–H groups in total. The molecule has 0 fully saturated rings. The molecular weight excluding hydrogens is 240 g/mol. The van der Waals surface area contributed by atoms with Gasteiger partial charge in [-0.05, 0) is 31.2 Å². The van der Waals surface area contributed by atoms with Gasteiger partial charge in [-0.3, -0.25) is 0 Å². The first kappa shape index (κ1) is 13.2. The largest absolute Gasteiger partial charge is 0.496 e. The number of pyridine rings is 1. The predicted molar refractivity (Wildman–Crippen MR) is 73.3 cm³/mol. The summed E-state index contributed by atoms with van der Waals surface area (Å²) in [6, 6.07) is 9.81. The molecule has 2 aromatic rings. The number of hydrogen-bond acceptors (Lipinski definition) is 4. The number of aromatic nitrogens is 1. The number of nitriles is 1. The van der Waals surface area contributed by atoms with Crippen molar-refractivity contribution in [2.24, 2.45) is 5.92 Å². The monoisotopic (exact) mass is 256 g/mol. The molecule has 1 atom stereocenters. The van der Waals surface area contributed by atoms with Crippen molar-refractivity contribution in [3.05, 3.63) is 30.0 Å². The minimum Gasteiger partial charge on any atom is -0.496 e. The van der Waals surface area contributed by atoms with E-state index < -0.39 is 0 Å². The highest BCUT2D eigenvalue weighted by Crippen LogP contribution is 2.31. The normalized spacial score (nSPS) is 11.9. The van der Waals surface area contributed by atoms with Crippen molar-refractivity contribution in [2.45, 2.75) is 13.3 Å². The second-order valence-corrected chi connectivity index (χ2v) is 4.40. The van der Waals surface area contributed by atoms with E-state index in [1.54, 1.807) is 14.2 Å². The van der Waals surface area contributed by atoms with Crippen LogP contribution in [0.5, 0.6) is 11.5 Å². The Hall–Kier alpha value is -2.28. The summed E-state index contributed by atoms with van der Waals surface area (Å²) in [5.41, 5.74) is 1.65. The Morgan fingerprint density at radius 1 is 1.16 bits per heavy atom. The van der Waals surface area contributed by atoms with Gasteiger partial charge in [0.25, 0.3) is 0 Å². The van der Waals surface area contributed by atoms with E-state index in [-0.39, 0.29) is 5.92 Å². The zero-order valence-electron chi connectivity index (χ0n) is 11.3. The van der Waals surface area contributed by atoms with E-state index in [2.05, 4.69) is 11.1 Å². The second kappa shape index (κ2) is 5.57. The first-order valence-electron chi connectivity index (χ1n) is 6.09. The van der Waals surface area contributed by atoms with Gasteiger partial charge in [0.2, 0.25) is 0 Å². The highest BCUT2D eigenvalue weighted by molar-refractivity contribution is 5.90. The summed E-state index contributed by atoms with van der Waals surface area (Å²) in [5, 5.41) is 9.78. The Morgan fingerprint density at radius 3 is 2.47 bits per heavy atom. The van der Waals surface area contributed by atoms with Crippen LogP contribution in [-0.2, 0) is 6.42 Å². The van der Waals surface area contributed by atoms with Crippen LogP contribution in [0.15, 0.2) is 24.3 Å². The number of hydrogen-bond donors (Lipinski definition) is 0. The van der Waals surface area contributed by atoms with Crippen molar-refractivity contribution < 1.29 is 9.47 Å². The Kier molecular flexibility index (Phi) is 3.86. The predicted octanol–water partition coefficient (Wildman–Crippen LogP) is 2.95. The molecule has 4 heteroatoms. The lowest BCUT2D eigenvalue weighted by Gasteiger charge is -2.10. The quantitative estimate of drug-likeness (QED) is 0.844. The van der Waals surface area contributed by atoms with Crippen molar-refractivity contribution in [3.63, 3.8) is 0 Å². The van der Waals surface area contributed by atoms with Crippen LogP contribution in [0.4, 0.5) is 0 Å². The Labute approximate surface area is 112 Å². The Balaban J connectivity index is 2.54. The molecule has 0 bridgehead atoms. The molecule has 0 amide bonds. The van der Waals surface area contributed by atoms with Crippen LogP contribution < -0.4 is 9.47 Å². The third-order valence-electron chi connectivity index (χ3n) is 3.01. The average Bonchev–Trinajstić information content (AvgIpc) is 2.45. The molecule has 19 heavy (non-hydrogen) atoms. The molecule has 0 aliphatic rings. The van der Waals surface area contributed by atoms with Gasteiger partial charge in [0.1, 0.15) is 17.0 Å². The minimum absolute atomic E-state index is 0.0541. The van der Waals surface area contributed by atoms with Gasteiger partial charge in [0.05, 0.1) is 20.3 Å². The summed E-state index contributed by atoms with van der Waals surface area (Å²) in [5.74, 6) is 1.42. The number of fused-ring (bicyclic) bond motifs is 1. The minimum atomic E-state index is -0.0541. The smallest absolute Gasteiger partial charge is 0.145 e. The molecule has 0 aliphatic heterocycles. The molecule has 1 unspecified atom stereocenters. The molecule has 1 aromatic carbocycles. The van der Waals surface area contributed by atoms with Crippen LogP contribution in [0.25, 0.3) is 10.9 Å². The summed E-state index contributed by atoms with van der Waals surface area (Å²) >= 11 is 0.